The topological polar surface area (TPSA) is 49.8 Å². The van der Waals surface area contributed by atoms with Gasteiger partial charge < -0.3 is 10.6 Å². The largest absolute Gasteiger partial charge is 0.337 e. The number of fused-ring (bicyclic) bond motifs is 1. The van der Waals surface area contributed by atoms with Crippen LogP contribution in [0.2, 0.25) is 0 Å². The SMILES string of the molecule is Cc1ccc(Nc2nc3ccccc3nc2Nc2ccc(Br)cc2)cc1. The molecule has 4 rings (SSSR count). The van der Waals surface area contributed by atoms with Crippen LogP contribution in [0.15, 0.2) is 77.3 Å². The summed E-state index contributed by atoms with van der Waals surface area (Å²) in [5.41, 5.74) is 4.84. The number of rotatable bonds is 4. The van der Waals surface area contributed by atoms with Gasteiger partial charge in [-0.15, -0.1) is 0 Å². The van der Waals surface area contributed by atoms with E-state index >= 15 is 0 Å². The number of hydrogen-bond acceptors (Lipinski definition) is 4. The predicted octanol–water partition coefficient (Wildman–Crippen LogP) is 6.19. The van der Waals surface area contributed by atoms with Crippen molar-refractivity contribution in [2.75, 3.05) is 10.6 Å². The van der Waals surface area contributed by atoms with Gasteiger partial charge in [0.05, 0.1) is 11.0 Å². The van der Waals surface area contributed by atoms with E-state index in [2.05, 4.69) is 45.6 Å². The third-order valence-electron chi connectivity index (χ3n) is 3.99. The molecule has 0 radical (unpaired) electrons. The lowest BCUT2D eigenvalue weighted by molar-refractivity contribution is 1.27. The van der Waals surface area contributed by atoms with Crippen molar-refractivity contribution in [3.05, 3.63) is 82.8 Å². The van der Waals surface area contributed by atoms with Crippen LogP contribution in [0, 0.1) is 6.92 Å². The number of nitrogens with zero attached hydrogens (tertiary/aromatic N) is 2. The van der Waals surface area contributed by atoms with E-state index < -0.39 is 0 Å². The molecule has 0 aliphatic rings. The summed E-state index contributed by atoms with van der Waals surface area (Å²) in [6, 6.07) is 24.0. The van der Waals surface area contributed by atoms with Gasteiger partial charge in [-0.2, -0.15) is 0 Å². The number of hydrogen-bond donors (Lipinski definition) is 2. The van der Waals surface area contributed by atoms with E-state index in [9.17, 15) is 0 Å². The Kier molecular flexibility index (Phi) is 4.54. The van der Waals surface area contributed by atoms with Gasteiger partial charge in [0.2, 0.25) is 0 Å². The molecule has 26 heavy (non-hydrogen) atoms. The average Bonchev–Trinajstić information content (AvgIpc) is 2.66. The summed E-state index contributed by atoms with van der Waals surface area (Å²) in [6.45, 7) is 2.07. The van der Waals surface area contributed by atoms with Crippen molar-refractivity contribution < 1.29 is 0 Å². The first-order valence-corrected chi connectivity index (χ1v) is 9.10. The molecular formula is C21H17BrN4. The van der Waals surface area contributed by atoms with Crippen LogP contribution in [0.5, 0.6) is 0 Å². The van der Waals surface area contributed by atoms with Crippen molar-refractivity contribution >= 4 is 50.0 Å². The standard InChI is InChI=1S/C21H17BrN4/c1-14-6-10-16(11-7-14)23-20-21(24-17-12-8-15(22)9-13-17)26-19-5-3-2-4-18(19)25-20/h2-13H,1H3,(H,23,25)(H,24,26). The molecule has 0 spiro atoms. The van der Waals surface area contributed by atoms with Gasteiger partial charge in [0, 0.05) is 15.8 Å². The molecule has 0 fully saturated rings. The molecule has 0 saturated heterocycles. The molecule has 4 nitrogen and oxygen atoms in total. The Balaban J connectivity index is 1.75. The second-order valence-electron chi connectivity index (χ2n) is 6.03. The molecule has 1 aromatic heterocycles. The Labute approximate surface area is 160 Å². The van der Waals surface area contributed by atoms with Crippen molar-refractivity contribution in [1.29, 1.82) is 0 Å². The lowest BCUT2D eigenvalue weighted by atomic mass is 10.2. The van der Waals surface area contributed by atoms with Crippen LogP contribution in [0.25, 0.3) is 11.0 Å². The van der Waals surface area contributed by atoms with E-state index in [4.69, 9.17) is 9.97 Å². The van der Waals surface area contributed by atoms with Crippen molar-refractivity contribution in [3.63, 3.8) is 0 Å². The fourth-order valence-corrected chi connectivity index (χ4v) is 2.88. The summed E-state index contributed by atoms with van der Waals surface area (Å²) >= 11 is 3.46. The number of anilines is 4. The van der Waals surface area contributed by atoms with Gasteiger partial charge in [-0.25, -0.2) is 9.97 Å². The van der Waals surface area contributed by atoms with Gasteiger partial charge in [0.25, 0.3) is 0 Å². The van der Waals surface area contributed by atoms with Crippen molar-refractivity contribution in [3.8, 4) is 0 Å². The Morgan fingerprint density at radius 2 is 1.12 bits per heavy atom. The summed E-state index contributed by atoms with van der Waals surface area (Å²) in [7, 11) is 0. The Morgan fingerprint density at radius 3 is 1.62 bits per heavy atom. The van der Waals surface area contributed by atoms with Gasteiger partial charge in [0.15, 0.2) is 11.6 Å². The molecule has 2 N–H and O–H groups in total. The fraction of sp³-hybridized carbons (Fsp3) is 0.0476. The molecule has 0 bridgehead atoms. The minimum absolute atomic E-state index is 0.687. The molecule has 0 unspecified atom stereocenters. The number of aryl methyl sites for hydroxylation is 1. The van der Waals surface area contributed by atoms with E-state index in [0.29, 0.717) is 11.6 Å². The fourth-order valence-electron chi connectivity index (χ4n) is 2.62. The molecule has 128 valence electrons. The Morgan fingerprint density at radius 1 is 0.654 bits per heavy atom. The second kappa shape index (κ2) is 7.14. The first kappa shape index (κ1) is 16.5. The third kappa shape index (κ3) is 3.68. The summed E-state index contributed by atoms with van der Waals surface area (Å²) in [5.74, 6) is 1.38. The maximum absolute atomic E-state index is 4.76. The smallest absolute Gasteiger partial charge is 0.174 e. The quantitative estimate of drug-likeness (QED) is 0.425. The highest BCUT2D eigenvalue weighted by Crippen LogP contribution is 2.28. The molecule has 0 aliphatic carbocycles. The molecule has 0 atom stereocenters. The molecule has 0 aliphatic heterocycles. The normalized spacial score (nSPS) is 10.7. The zero-order valence-corrected chi connectivity index (χ0v) is 15.8. The summed E-state index contributed by atoms with van der Waals surface area (Å²) in [4.78, 5) is 9.52. The lowest BCUT2D eigenvalue weighted by Crippen LogP contribution is -2.03. The van der Waals surface area contributed by atoms with Gasteiger partial charge >= 0.3 is 0 Å². The Bertz CT molecular complexity index is 958. The number of para-hydroxylation sites is 2. The molecule has 0 saturated carbocycles. The number of aromatic nitrogens is 2. The van der Waals surface area contributed by atoms with E-state index in [1.807, 2.05) is 60.7 Å². The van der Waals surface area contributed by atoms with Gasteiger partial charge in [-0.05, 0) is 55.5 Å². The van der Waals surface area contributed by atoms with Crippen molar-refractivity contribution in [2.24, 2.45) is 0 Å². The van der Waals surface area contributed by atoms with Gasteiger partial charge in [-0.3, -0.25) is 0 Å². The van der Waals surface area contributed by atoms with Crippen LogP contribution >= 0.6 is 15.9 Å². The van der Waals surface area contributed by atoms with E-state index in [-0.39, 0.29) is 0 Å². The zero-order valence-electron chi connectivity index (χ0n) is 14.2. The minimum atomic E-state index is 0.687. The number of benzene rings is 3. The van der Waals surface area contributed by atoms with E-state index in [0.717, 1.165) is 26.9 Å². The highest BCUT2D eigenvalue weighted by molar-refractivity contribution is 9.10. The van der Waals surface area contributed by atoms with Crippen LogP contribution < -0.4 is 10.6 Å². The summed E-state index contributed by atoms with van der Waals surface area (Å²) in [6.07, 6.45) is 0. The molecule has 4 aromatic rings. The number of nitrogens with one attached hydrogen (secondary N) is 2. The first-order chi connectivity index (χ1) is 12.7. The monoisotopic (exact) mass is 404 g/mol. The Hall–Kier alpha value is -2.92. The first-order valence-electron chi connectivity index (χ1n) is 8.30. The van der Waals surface area contributed by atoms with Gasteiger partial charge in [-0.1, -0.05) is 45.8 Å². The third-order valence-corrected chi connectivity index (χ3v) is 4.52. The van der Waals surface area contributed by atoms with Crippen LogP contribution in [0.3, 0.4) is 0 Å². The molecule has 5 heteroatoms. The van der Waals surface area contributed by atoms with E-state index in [1.54, 1.807) is 0 Å². The zero-order chi connectivity index (χ0) is 17.9. The highest BCUT2D eigenvalue weighted by Gasteiger charge is 2.10. The summed E-state index contributed by atoms with van der Waals surface area (Å²) < 4.78 is 1.03. The molecule has 1 heterocycles. The van der Waals surface area contributed by atoms with Crippen LogP contribution in [0.1, 0.15) is 5.56 Å². The lowest BCUT2D eigenvalue weighted by Gasteiger charge is -2.14. The molecular weight excluding hydrogens is 388 g/mol. The van der Waals surface area contributed by atoms with E-state index in [1.165, 1.54) is 5.56 Å². The van der Waals surface area contributed by atoms with Gasteiger partial charge in [0.1, 0.15) is 0 Å². The highest BCUT2D eigenvalue weighted by atomic mass is 79.9. The average molecular weight is 405 g/mol. The predicted molar refractivity (Wildman–Crippen MR) is 111 cm³/mol. The summed E-state index contributed by atoms with van der Waals surface area (Å²) in [5, 5.41) is 6.74. The second-order valence-corrected chi connectivity index (χ2v) is 6.95. The molecule has 0 amide bonds. The maximum atomic E-state index is 4.76. The van der Waals surface area contributed by atoms with Crippen LogP contribution in [-0.2, 0) is 0 Å². The maximum Gasteiger partial charge on any atom is 0.174 e. The number of halogens is 1. The van der Waals surface area contributed by atoms with Crippen LogP contribution in [-0.4, -0.2) is 9.97 Å². The van der Waals surface area contributed by atoms with Crippen LogP contribution in [0.4, 0.5) is 23.0 Å². The molecule has 3 aromatic carbocycles. The van der Waals surface area contributed by atoms with Crippen molar-refractivity contribution in [1.82, 2.24) is 9.97 Å². The van der Waals surface area contributed by atoms with Crippen molar-refractivity contribution in [2.45, 2.75) is 6.92 Å². The minimum Gasteiger partial charge on any atom is -0.337 e.